The number of carbonyl (C=O) groups is 5. The Labute approximate surface area is 829 Å². The number of fused-ring (bicyclic) bond motifs is 10. The molecule has 2 saturated heterocycles. The lowest BCUT2D eigenvalue weighted by molar-refractivity contribution is -0.140. The van der Waals surface area contributed by atoms with Gasteiger partial charge < -0.3 is 37.0 Å². The molecule has 2 aliphatic rings. The molecule has 0 N–H and O–H groups in total. The highest BCUT2D eigenvalue weighted by molar-refractivity contribution is 6.32. The van der Waals surface area contributed by atoms with Crippen LogP contribution in [0.1, 0.15) is 143 Å². The molecule has 7 heterocycles. The van der Waals surface area contributed by atoms with Crippen LogP contribution in [0.5, 0.6) is 5.75 Å². The zero-order valence-corrected chi connectivity index (χ0v) is 83.3. The van der Waals surface area contributed by atoms with E-state index < -0.39 is 12.7 Å². The maximum Gasteiger partial charge on any atom is 0.406 e. The highest BCUT2D eigenvalue weighted by Crippen LogP contribution is 2.41. The molecule has 19 heteroatoms. The summed E-state index contributed by atoms with van der Waals surface area (Å²) in [5.41, 5.74) is 21.9. The summed E-state index contributed by atoms with van der Waals surface area (Å²) in [6, 6.07) is 94.8. The number of ether oxygens (including phenoxy) is 3. The number of carbonyl (C=O) groups excluding carboxylic acids is 5. The monoisotopic (exact) mass is 1910 g/mol. The van der Waals surface area contributed by atoms with Crippen LogP contribution < -0.4 is 4.74 Å². The van der Waals surface area contributed by atoms with Gasteiger partial charge in [0.2, 0.25) is 0 Å². The molecular formula is C123H115ClF3N7O8. The van der Waals surface area contributed by atoms with Crippen molar-refractivity contribution in [2.24, 2.45) is 7.05 Å². The number of methoxy groups -OCH3 is 1. The Morgan fingerprint density at radius 1 is 0.303 bits per heavy atom. The second kappa shape index (κ2) is 41.7. The van der Waals surface area contributed by atoms with Crippen molar-refractivity contribution in [3.8, 4) is 5.75 Å². The summed E-state index contributed by atoms with van der Waals surface area (Å²) in [5, 5.41) is 15.4. The number of alkyl halides is 3. The summed E-state index contributed by atoms with van der Waals surface area (Å²) >= 11 is 6.37. The minimum Gasteiger partial charge on any atom is -0.497 e. The van der Waals surface area contributed by atoms with Crippen molar-refractivity contribution in [1.82, 2.24) is 32.6 Å². The van der Waals surface area contributed by atoms with Crippen molar-refractivity contribution in [1.29, 1.82) is 0 Å². The average molecular weight is 1910 g/mol. The van der Waals surface area contributed by atoms with Gasteiger partial charge in [-0.3, -0.25) is 33.8 Å². The third-order valence-corrected chi connectivity index (χ3v) is 29.1. The van der Waals surface area contributed by atoms with Gasteiger partial charge in [-0.25, -0.2) is 0 Å². The van der Waals surface area contributed by atoms with Crippen molar-refractivity contribution in [2.75, 3.05) is 72.8 Å². The molecule has 22 rings (SSSR count). The lowest BCUT2D eigenvalue weighted by Gasteiger charge is -2.27. The molecule has 142 heavy (non-hydrogen) atoms. The van der Waals surface area contributed by atoms with Gasteiger partial charge in [-0.15, -0.1) is 0 Å². The number of para-hydroxylation sites is 3. The molecule has 15 nitrogen and oxygen atoms in total. The largest absolute Gasteiger partial charge is 0.497 e. The van der Waals surface area contributed by atoms with E-state index in [0.29, 0.717) is 32.7 Å². The Hall–Kier alpha value is -14.6. The molecule has 718 valence electrons. The Bertz CT molecular complexity index is 8340. The summed E-state index contributed by atoms with van der Waals surface area (Å²) < 4.78 is 65.9. The molecule has 0 atom stereocenters. The number of benzene rings is 15. The average Bonchev–Trinajstić information content (AvgIpc) is 1.60. The maximum absolute atomic E-state index is 14.0. The van der Waals surface area contributed by atoms with E-state index in [1.54, 1.807) is 44.4 Å². The van der Waals surface area contributed by atoms with Gasteiger partial charge in [0, 0.05) is 182 Å². The first-order valence-corrected chi connectivity index (χ1v) is 49.0. The second-order valence-electron chi connectivity index (χ2n) is 37.1. The second-order valence-corrected chi connectivity index (χ2v) is 37.6. The Kier molecular flexibility index (Phi) is 28.6. The van der Waals surface area contributed by atoms with Gasteiger partial charge in [-0.2, -0.15) is 13.2 Å². The van der Waals surface area contributed by atoms with E-state index in [-0.39, 0.29) is 28.9 Å². The van der Waals surface area contributed by atoms with Gasteiger partial charge in [0.15, 0.2) is 28.9 Å². The molecular weight excluding hydrogens is 1800 g/mol. The minimum absolute atomic E-state index is 0.0519. The lowest BCUT2D eigenvalue weighted by atomic mass is 9.93. The Morgan fingerprint density at radius 3 is 0.908 bits per heavy atom. The van der Waals surface area contributed by atoms with Crippen LogP contribution in [0.25, 0.3) is 108 Å². The van der Waals surface area contributed by atoms with E-state index in [1.807, 2.05) is 240 Å². The van der Waals surface area contributed by atoms with Gasteiger partial charge in [0.25, 0.3) is 0 Å². The molecule has 0 amide bonds. The fourth-order valence-corrected chi connectivity index (χ4v) is 21.4. The van der Waals surface area contributed by atoms with Gasteiger partial charge >= 0.3 is 6.18 Å². The topological polar surface area (TPSA) is 144 Å². The molecule has 2 aliphatic heterocycles. The number of nitrogens with zero attached hydrogens (tertiary/aromatic N) is 7. The molecule has 0 bridgehead atoms. The predicted octanol–water partition coefficient (Wildman–Crippen LogP) is 27.7. The third kappa shape index (κ3) is 19.0. The molecule has 0 spiro atoms. The Morgan fingerprint density at radius 2 is 0.570 bits per heavy atom. The first-order chi connectivity index (χ1) is 68.6. The van der Waals surface area contributed by atoms with Gasteiger partial charge in [0.1, 0.15) is 12.3 Å². The third-order valence-electron chi connectivity index (χ3n) is 28.9. The maximum atomic E-state index is 14.0. The van der Waals surface area contributed by atoms with E-state index >= 15 is 0 Å². The van der Waals surface area contributed by atoms with Crippen molar-refractivity contribution < 1.29 is 51.4 Å². The van der Waals surface area contributed by atoms with Crippen LogP contribution >= 0.6 is 11.6 Å². The molecule has 2 fully saturated rings. The number of halogens is 4. The zero-order valence-electron chi connectivity index (χ0n) is 82.5. The van der Waals surface area contributed by atoms with E-state index in [4.69, 9.17) is 25.8 Å². The number of ketones is 5. The van der Waals surface area contributed by atoms with Gasteiger partial charge in [-0.1, -0.05) is 248 Å². The number of hydrogen-bond acceptors (Lipinski definition) is 10. The summed E-state index contributed by atoms with van der Waals surface area (Å²) in [7, 11) is 3.68. The number of rotatable bonds is 19. The van der Waals surface area contributed by atoms with Crippen molar-refractivity contribution in [3.05, 3.63) is 408 Å². The summed E-state index contributed by atoms with van der Waals surface area (Å²) in [6.07, 6.45) is -4.37. The summed E-state index contributed by atoms with van der Waals surface area (Å²) in [4.78, 5) is 73.3. The smallest absolute Gasteiger partial charge is 0.406 e. The molecule has 0 saturated carbocycles. The predicted molar refractivity (Wildman–Crippen MR) is 573 cm³/mol. The minimum atomic E-state index is -4.37. The van der Waals surface area contributed by atoms with E-state index in [2.05, 4.69) is 125 Å². The number of aromatic nitrogens is 5. The van der Waals surface area contributed by atoms with Gasteiger partial charge in [-0.05, 0) is 212 Å². The fourth-order valence-electron chi connectivity index (χ4n) is 21.3. The Balaban J connectivity index is 0.000000118. The van der Waals surface area contributed by atoms with Crippen LogP contribution in [0.4, 0.5) is 13.2 Å². The van der Waals surface area contributed by atoms with Crippen molar-refractivity contribution in [3.63, 3.8) is 0 Å². The van der Waals surface area contributed by atoms with Crippen LogP contribution in [0.2, 0.25) is 5.02 Å². The number of morpholine rings is 2. The zero-order chi connectivity index (χ0) is 99.6. The van der Waals surface area contributed by atoms with E-state index in [1.165, 1.54) is 26.8 Å². The molecule has 0 unspecified atom stereocenters. The first-order valence-electron chi connectivity index (χ1n) is 48.6. The molecule has 15 aromatic carbocycles. The quantitative estimate of drug-likeness (QED) is 0.0718. The van der Waals surface area contributed by atoms with Crippen LogP contribution in [-0.2, 0) is 42.7 Å². The van der Waals surface area contributed by atoms with Crippen LogP contribution in [0.3, 0.4) is 0 Å². The normalized spacial score (nSPS) is 13.1. The number of hydrogen-bond donors (Lipinski definition) is 0. The molecule has 0 aliphatic carbocycles. The summed E-state index contributed by atoms with van der Waals surface area (Å²) in [6.45, 7) is 32.4. The molecule has 20 aromatic rings. The first kappa shape index (κ1) is 97.6. The van der Waals surface area contributed by atoms with Crippen LogP contribution in [0, 0.1) is 69.2 Å². The lowest BCUT2D eigenvalue weighted by Crippen LogP contribution is -2.38. The van der Waals surface area contributed by atoms with E-state index in [0.717, 1.165) is 261 Å². The molecule has 0 radical (unpaired) electrons. The standard InChI is InChI=1S/C28H30N2O3.C27H27ClN2O2.C23H18F3NO.C23H21NO.C22H19NO/c1-19-8-10-24(23-7-5-4-6-22(19)23)28(31)27-20(2)30(13-12-29-14-16-33-17-15-29)26-11-9-21(32-3)18-25(26)27;1-18-7-9-23(22-6-4-3-5-21(18)22)27(31)26-19(2)30(12-11-29-13-15-32-16-14-29)25-10-8-20(28)17-24(25)26;1-14-11-12-18(17-8-4-3-7-16(14)17)22(28)21-15(2)27(13-23(24,25)26)20-10-6-5-9-19(20)21;1-4-24-16(3)22(20-11-7-8-12-21(20)24)23(25)19-14-13-15(2)17-9-5-6-10-18(17)19;1-14-12-13-18(17-9-5-4-8-16(14)17)22(24)21-15(2)23(3)20-11-7-6-10-19(20)21/h4-11,18H,12-17H2,1-3H3;3-10,17H,11-16H2,1-2H3;3-12H,13H2,1-2H3;5-14H,4H2,1-3H3;4-13H,1-3H3. The SMILES string of the molecule is CCn1c(C)c(C(=O)c2ccc(C)c3ccccc23)c2ccccc21.COc1ccc2c(c1)c(C(=O)c1ccc(C)c3ccccc13)c(C)n2CCN1CCOCC1.Cc1ccc(C(=O)c2c(C)n(C)c3ccccc23)c2ccccc12.Cc1ccc(C(=O)c2c(C)n(CC(F)(F)F)c3ccccc23)c2ccccc12.Cc1ccc(C(=O)c2c(C)n(CCN3CCOCC3)c3ccc(Cl)cc23)c2ccccc12. The van der Waals surface area contributed by atoms with Crippen molar-refractivity contribution in [2.45, 2.75) is 109 Å². The van der Waals surface area contributed by atoms with Crippen LogP contribution in [-0.4, -0.2) is 141 Å². The van der Waals surface area contributed by atoms with Crippen molar-refractivity contribution >= 4 is 149 Å². The highest BCUT2D eigenvalue weighted by atomic mass is 35.5. The highest BCUT2D eigenvalue weighted by Gasteiger charge is 2.34. The number of aryl methyl sites for hydroxylation is 7. The fraction of sp³-hybridized carbons (Fsp3) is 0.228. The van der Waals surface area contributed by atoms with Gasteiger partial charge in [0.05, 0.1) is 61.4 Å². The summed E-state index contributed by atoms with van der Waals surface area (Å²) in [5.74, 6) is 0.822. The van der Waals surface area contributed by atoms with E-state index in [9.17, 15) is 37.1 Å². The van der Waals surface area contributed by atoms with Crippen LogP contribution in [0.15, 0.2) is 291 Å². The molecule has 5 aromatic heterocycles.